The van der Waals surface area contributed by atoms with Gasteiger partial charge in [0.25, 0.3) is 0 Å². The molecule has 0 aromatic carbocycles. The summed E-state index contributed by atoms with van der Waals surface area (Å²) >= 11 is 0. The Morgan fingerprint density at radius 3 is 1.57 bits per heavy atom. The molecule has 0 unspecified atom stereocenters. The SMILES string of the molecule is CCCCCCCCCCCCCCC=CC=CC=CC=CC=C(C)C(N)=O. The van der Waals surface area contributed by atoms with Crippen LogP contribution in [0.3, 0.4) is 0 Å². The van der Waals surface area contributed by atoms with Crippen LogP contribution >= 0.6 is 0 Å². The highest BCUT2D eigenvalue weighted by atomic mass is 16.1. The van der Waals surface area contributed by atoms with Gasteiger partial charge in [0, 0.05) is 5.57 Å². The second-order valence-corrected chi connectivity index (χ2v) is 7.47. The van der Waals surface area contributed by atoms with Gasteiger partial charge >= 0.3 is 0 Å². The normalized spacial score (nSPS) is 13.0. The van der Waals surface area contributed by atoms with E-state index in [2.05, 4.69) is 25.2 Å². The van der Waals surface area contributed by atoms with Gasteiger partial charge in [-0.15, -0.1) is 0 Å². The summed E-state index contributed by atoms with van der Waals surface area (Å²) < 4.78 is 0. The van der Waals surface area contributed by atoms with Crippen molar-refractivity contribution < 1.29 is 4.79 Å². The van der Waals surface area contributed by atoms with E-state index in [9.17, 15) is 4.79 Å². The molecular weight excluding hydrogens is 342 g/mol. The minimum absolute atomic E-state index is 0.383. The van der Waals surface area contributed by atoms with Crippen molar-refractivity contribution in [1.29, 1.82) is 0 Å². The number of carbonyl (C=O) groups excluding carboxylic acids is 1. The van der Waals surface area contributed by atoms with E-state index >= 15 is 0 Å². The zero-order chi connectivity index (χ0) is 20.7. The summed E-state index contributed by atoms with van der Waals surface area (Å²) in [6.07, 6.45) is 35.7. The van der Waals surface area contributed by atoms with Gasteiger partial charge in [0.2, 0.25) is 5.91 Å². The van der Waals surface area contributed by atoms with Crippen molar-refractivity contribution in [2.75, 3.05) is 0 Å². The number of hydrogen-bond acceptors (Lipinski definition) is 1. The molecule has 0 radical (unpaired) electrons. The number of carbonyl (C=O) groups is 1. The first kappa shape index (κ1) is 26.2. The number of nitrogens with two attached hydrogens (primary N) is 1. The summed E-state index contributed by atoms with van der Waals surface area (Å²) in [4.78, 5) is 10.8. The van der Waals surface area contributed by atoms with Crippen LogP contribution in [-0.4, -0.2) is 5.91 Å². The molecule has 0 atom stereocenters. The summed E-state index contributed by atoms with van der Waals surface area (Å²) in [5.74, 6) is -0.383. The third-order valence-electron chi connectivity index (χ3n) is 4.76. The van der Waals surface area contributed by atoms with Gasteiger partial charge in [-0.3, -0.25) is 4.79 Å². The highest BCUT2D eigenvalue weighted by Gasteiger charge is 1.93. The van der Waals surface area contributed by atoms with Crippen LogP contribution < -0.4 is 5.73 Å². The Morgan fingerprint density at radius 1 is 0.643 bits per heavy atom. The van der Waals surface area contributed by atoms with Gasteiger partial charge in [0.05, 0.1) is 0 Å². The van der Waals surface area contributed by atoms with E-state index in [0.717, 1.165) is 0 Å². The number of unbranched alkanes of at least 4 members (excludes halogenated alkanes) is 12. The molecule has 0 heterocycles. The molecule has 0 aliphatic carbocycles. The quantitative estimate of drug-likeness (QED) is 0.146. The van der Waals surface area contributed by atoms with E-state index in [1.165, 1.54) is 83.5 Å². The molecule has 2 N–H and O–H groups in total. The molecule has 0 aliphatic heterocycles. The van der Waals surface area contributed by atoms with E-state index in [4.69, 9.17) is 5.73 Å². The molecule has 1 amide bonds. The Bertz CT molecular complexity index is 509. The molecule has 28 heavy (non-hydrogen) atoms. The highest BCUT2D eigenvalue weighted by Crippen LogP contribution is 2.12. The Morgan fingerprint density at radius 2 is 1.07 bits per heavy atom. The molecule has 0 rings (SSSR count). The zero-order valence-electron chi connectivity index (χ0n) is 18.4. The minimum atomic E-state index is -0.383. The van der Waals surface area contributed by atoms with Crippen LogP contribution in [0.4, 0.5) is 0 Å². The van der Waals surface area contributed by atoms with Gasteiger partial charge in [-0.05, 0) is 19.8 Å². The second-order valence-electron chi connectivity index (χ2n) is 7.47. The lowest BCUT2D eigenvalue weighted by Crippen LogP contribution is -2.11. The standard InChI is InChI=1S/C26H43NO/c1-3-4-5-6-7-8-9-10-11-12-13-14-15-16-17-18-19-20-21-22-23-24-25(2)26(27)28/h16-24H,3-15H2,1-2H3,(H2,27,28). The summed E-state index contributed by atoms with van der Waals surface area (Å²) in [6, 6.07) is 0. The first-order valence-electron chi connectivity index (χ1n) is 11.3. The summed E-state index contributed by atoms with van der Waals surface area (Å²) in [5.41, 5.74) is 5.70. The predicted octanol–water partition coefficient (Wildman–Crippen LogP) is 7.73. The molecule has 158 valence electrons. The second kappa shape index (κ2) is 21.5. The van der Waals surface area contributed by atoms with Crippen molar-refractivity contribution in [3.63, 3.8) is 0 Å². The van der Waals surface area contributed by atoms with Crippen molar-refractivity contribution in [3.8, 4) is 0 Å². The lowest BCUT2D eigenvalue weighted by Gasteiger charge is -2.02. The van der Waals surface area contributed by atoms with E-state index in [1.807, 2.05) is 30.4 Å². The van der Waals surface area contributed by atoms with Crippen molar-refractivity contribution in [3.05, 3.63) is 60.3 Å². The van der Waals surface area contributed by atoms with Gasteiger partial charge < -0.3 is 5.73 Å². The number of hydrogen-bond donors (Lipinski definition) is 1. The largest absolute Gasteiger partial charge is 0.366 e. The lowest BCUT2D eigenvalue weighted by molar-refractivity contribution is -0.114. The van der Waals surface area contributed by atoms with E-state index in [-0.39, 0.29) is 5.91 Å². The van der Waals surface area contributed by atoms with Gasteiger partial charge in [-0.1, -0.05) is 132 Å². The van der Waals surface area contributed by atoms with E-state index in [1.54, 1.807) is 13.0 Å². The van der Waals surface area contributed by atoms with Crippen molar-refractivity contribution in [2.24, 2.45) is 5.73 Å². The van der Waals surface area contributed by atoms with E-state index in [0.29, 0.717) is 5.57 Å². The van der Waals surface area contributed by atoms with E-state index < -0.39 is 0 Å². The number of amides is 1. The van der Waals surface area contributed by atoms with Crippen molar-refractivity contribution in [1.82, 2.24) is 0 Å². The van der Waals surface area contributed by atoms with Gasteiger partial charge in [-0.2, -0.15) is 0 Å². The molecule has 0 bridgehead atoms. The molecular formula is C26H43NO. The van der Waals surface area contributed by atoms with Crippen molar-refractivity contribution >= 4 is 5.91 Å². The number of rotatable bonds is 18. The maximum atomic E-state index is 10.8. The Hall–Kier alpha value is -1.83. The Balaban J connectivity index is 3.45. The van der Waals surface area contributed by atoms with Gasteiger partial charge in [0.1, 0.15) is 0 Å². The average molecular weight is 386 g/mol. The van der Waals surface area contributed by atoms with Crippen LogP contribution in [0.5, 0.6) is 0 Å². The maximum absolute atomic E-state index is 10.8. The molecule has 0 aromatic rings. The molecule has 0 spiro atoms. The van der Waals surface area contributed by atoms with Crippen LogP contribution in [0.15, 0.2) is 60.3 Å². The van der Waals surface area contributed by atoms with Crippen molar-refractivity contribution in [2.45, 2.75) is 97.3 Å². The predicted molar refractivity (Wildman–Crippen MR) is 125 cm³/mol. The Labute approximate surface area is 174 Å². The zero-order valence-corrected chi connectivity index (χ0v) is 18.4. The first-order chi connectivity index (χ1) is 13.7. The van der Waals surface area contributed by atoms with Crippen LogP contribution in [0.25, 0.3) is 0 Å². The van der Waals surface area contributed by atoms with Gasteiger partial charge in [0.15, 0.2) is 0 Å². The molecule has 0 saturated heterocycles. The first-order valence-corrected chi connectivity index (χ1v) is 11.3. The fourth-order valence-corrected chi connectivity index (χ4v) is 2.88. The van der Waals surface area contributed by atoms with Crippen LogP contribution in [-0.2, 0) is 4.79 Å². The lowest BCUT2D eigenvalue weighted by atomic mass is 10.0. The van der Waals surface area contributed by atoms with Crippen LogP contribution in [0.2, 0.25) is 0 Å². The average Bonchev–Trinajstić information content (AvgIpc) is 2.68. The number of primary amides is 1. The Kier molecular flexibility index (Phi) is 20.1. The summed E-state index contributed by atoms with van der Waals surface area (Å²) in [7, 11) is 0. The molecule has 2 nitrogen and oxygen atoms in total. The molecule has 0 fully saturated rings. The maximum Gasteiger partial charge on any atom is 0.244 e. The smallest absolute Gasteiger partial charge is 0.244 e. The fraction of sp³-hybridized carbons (Fsp3) is 0.577. The fourth-order valence-electron chi connectivity index (χ4n) is 2.88. The van der Waals surface area contributed by atoms with Crippen LogP contribution in [0.1, 0.15) is 97.3 Å². The minimum Gasteiger partial charge on any atom is -0.366 e. The third kappa shape index (κ3) is 20.5. The van der Waals surface area contributed by atoms with Gasteiger partial charge in [-0.25, -0.2) is 0 Å². The summed E-state index contributed by atoms with van der Waals surface area (Å²) in [6.45, 7) is 3.98. The highest BCUT2D eigenvalue weighted by molar-refractivity contribution is 5.91. The molecule has 2 heteroatoms. The molecule has 0 saturated carbocycles. The third-order valence-corrected chi connectivity index (χ3v) is 4.76. The van der Waals surface area contributed by atoms with Crippen LogP contribution in [0, 0.1) is 0 Å². The summed E-state index contributed by atoms with van der Waals surface area (Å²) in [5, 5.41) is 0. The topological polar surface area (TPSA) is 43.1 Å². The monoisotopic (exact) mass is 385 g/mol. The molecule has 0 aromatic heterocycles. The number of allylic oxidation sites excluding steroid dienone is 9. The molecule has 0 aliphatic rings.